The average molecular weight is 311 g/mol. The lowest BCUT2D eigenvalue weighted by Crippen LogP contribution is -2.41. The molecule has 5 heteroatoms. The molecule has 2 aromatic carbocycles. The van der Waals surface area contributed by atoms with Gasteiger partial charge in [0.2, 0.25) is 5.91 Å². The first-order valence-electron chi connectivity index (χ1n) is 7.47. The van der Waals surface area contributed by atoms with Crippen LogP contribution < -0.4 is 16.0 Å². The molecule has 0 atom stereocenters. The minimum Gasteiger partial charge on any atom is -0.376 e. The average Bonchev–Trinajstić information content (AvgIpc) is 2.55. The van der Waals surface area contributed by atoms with E-state index in [-0.39, 0.29) is 12.5 Å². The highest BCUT2D eigenvalue weighted by Gasteiger charge is 2.08. The van der Waals surface area contributed by atoms with Gasteiger partial charge in [-0.2, -0.15) is 0 Å². The van der Waals surface area contributed by atoms with Gasteiger partial charge in [0, 0.05) is 12.2 Å². The van der Waals surface area contributed by atoms with Gasteiger partial charge in [-0.1, -0.05) is 42.5 Å². The molecule has 3 amide bonds. The number of benzene rings is 2. The molecular weight excluding hydrogens is 290 g/mol. The third-order valence-corrected chi connectivity index (χ3v) is 3.38. The Morgan fingerprint density at radius 1 is 1.00 bits per heavy atom. The van der Waals surface area contributed by atoms with Gasteiger partial charge in [0.1, 0.15) is 0 Å². The quantitative estimate of drug-likeness (QED) is 0.795. The van der Waals surface area contributed by atoms with E-state index in [4.69, 9.17) is 0 Å². The molecule has 0 fully saturated rings. The summed E-state index contributed by atoms with van der Waals surface area (Å²) < 4.78 is 0. The van der Waals surface area contributed by atoms with Crippen LogP contribution in [0.15, 0.2) is 48.5 Å². The molecule has 0 aliphatic rings. The lowest BCUT2D eigenvalue weighted by Gasteiger charge is -2.11. The second-order valence-corrected chi connectivity index (χ2v) is 5.39. The number of hydrogen-bond acceptors (Lipinski definition) is 3. The maximum Gasteiger partial charge on any atom is 0.321 e. The van der Waals surface area contributed by atoms with Crippen LogP contribution in [0.5, 0.6) is 0 Å². The van der Waals surface area contributed by atoms with E-state index >= 15 is 0 Å². The number of imide groups is 1. The number of hydrogen-bond donors (Lipinski definition) is 3. The topological polar surface area (TPSA) is 70.2 Å². The Bertz CT molecular complexity index is 684. The molecular formula is C18H21N3O2. The summed E-state index contributed by atoms with van der Waals surface area (Å²) >= 11 is 0. The monoisotopic (exact) mass is 311 g/mol. The van der Waals surface area contributed by atoms with Gasteiger partial charge < -0.3 is 10.6 Å². The molecule has 0 radical (unpaired) electrons. The van der Waals surface area contributed by atoms with Crippen molar-refractivity contribution < 1.29 is 9.59 Å². The van der Waals surface area contributed by atoms with Gasteiger partial charge in [-0.15, -0.1) is 0 Å². The molecule has 0 spiro atoms. The summed E-state index contributed by atoms with van der Waals surface area (Å²) in [6.45, 7) is 4.38. The molecule has 0 unspecified atom stereocenters. The molecule has 2 aromatic rings. The molecule has 0 saturated carbocycles. The zero-order chi connectivity index (χ0) is 16.7. The number of carbonyl (C=O) groups excluding carboxylic acids is 2. The number of amides is 3. The van der Waals surface area contributed by atoms with Gasteiger partial charge in [0.05, 0.1) is 6.54 Å². The van der Waals surface area contributed by atoms with Crippen molar-refractivity contribution in [2.75, 3.05) is 11.9 Å². The first-order valence-corrected chi connectivity index (χ1v) is 7.47. The molecule has 0 heterocycles. The van der Waals surface area contributed by atoms with Gasteiger partial charge >= 0.3 is 6.03 Å². The molecule has 120 valence electrons. The molecule has 0 aliphatic heterocycles. The normalized spacial score (nSPS) is 10.0. The largest absolute Gasteiger partial charge is 0.376 e. The number of anilines is 1. The van der Waals surface area contributed by atoms with Crippen LogP contribution in [0.4, 0.5) is 10.5 Å². The number of aryl methyl sites for hydroxylation is 2. The zero-order valence-corrected chi connectivity index (χ0v) is 13.3. The van der Waals surface area contributed by atoms with E-state index in [0.29, 0.717) is 6.54 Å². The molecule has 0 aromatic heterocycles. The van der Waals surface area contributed by atoms with Crippen LogP contribution in [0.2, 0.25) is 0 Å². The highest BCUT2D eigenvalue weighted by atomic mass is 16.2. The Kier molecular flexibility index (Phi) is 5.74. The molecule has 2 rings (SSSR count). The smallest absolute Gasteiger partial charge is 0.321 e. The highest BCUT2D eigenvalue weighted by molar-refractivity contribution is 5.96. The molecule has 5 nitrogen and oxygen atoms in total. The van der Waals surface area contributed by atoms with Crippen LogP contribution in [-0.2, 0) is 11.3 Å². The molecule has 0 saturated heterocycles. The van der Waals surface area contributed by atoms with Crippen LogP contribution in [0.1, 0.15) is 16.7 Å². The summed E-state index contributed by atoms with van der Waals surface area (Å²) in [7, 11) is 0. The van der Waals surface area contributed by atoms with Crippen molar-refractivity contribution in [1.82, 2.24) is 10.6 Å². The van der Waals surface area contributed by atoms with Gasteiger partial charge in [0.25, 0.3) is 0 Å². The van der Waals surface area contributed by atoms with Crippen molar-refractivity contribution in [3.05, 3.63) is 65.2 Å². The summed E-state index contributed by atoms with van der Waals surface area (Å²) in [6.07, 6.45) is 0. The lowest BCUT2D eigenvalue weighted by atomic mass is 10.1. The molecule has 0 aliphatic carbocycles. The van der Waals surface area contributed by atoms with E-state index in [9.17, 15) is 9.59 Å². The van der Waals surface area contributed by atoms with E-state index in [0.717, 1.165) is 22.4 Å². The van der Waals surface area contributed by atoms with Crippen molar-refractivity contribution in [3.8, 4) is 0 Å². The Balaban J connectivity index is 1.76. The standard InChI is InChI=1S/C18H21N3O2/c1-13-8-9-14(2)16(10-13)19-12-17(22)21-18(23)20-11-15-6-4-3-5-7-15/h3-10,19H,11-12H2,1-2H3,(H2,20,21,22,23). The fraction of sp³-hybridized carbons (Fsp3) is 0.222. The second-order valence-electron chi connectivity index (χ2n) is 5.39. The highest BCUT2D eigenvalue weighted by Crippen LogP contribution is 2.15. The predicted octanol–water partition coefficient (Wildman–Crippen LogP) is 2.74. The lowest BCUT2D eigenvalue weighted by molar-refractivity contribution is -0.118. The van der Waals surface area contributed by atoms with E-state index < -0.39 is 6.03 Å². The van der Waals surface area contributed by atoms with Gasteiger partial charge in [0.15, 0.2) is 0 Å². The number of carbonyl (C=O) groups is 2. The summed E-state index contributed by atoms with van der Waals surface area (Å²) in [6, 6.07) is 15.0. The number of nitrogens with one attached hydrogen (secondary N) is 3. The van der Waals surface area contributed by atoms with E-state index in [2.05, 4.69) is 16.0 Å². The maximum absolute atomic E-state index is 11.8. The van der Waals surface area contributed by atoms with E-state index in [1.54, 1.807) is 0 Å². The Morgan fingerprint density at radius 3 is 2.48 bits per heavy atom. The minimum absolute atomic E-state index is 0.0447. The summed E-state index contributed by atoms with van der Waals surface area (Å²) in [4.78, 5) is 23.5. The summed E-state index contributed by atoms with van der Waals surface area (Å²) in [5, 5.41) is 7.99. The van der Waals surface area contributed by atoms with Gasteiger partial charge in [-0.05, 0) is 36.6 Å². The maximum atomic E-state index is 11.8. The second kappa shape index (κ2) is 7.98. The Labute approximate surface area is 136 Å². The van der Waals surface area contributed by atoms with Crippen LogP contribution in [0.3, 0.4) is 0 Å². The number of urea groups is 1. The van der Waals surface area contributed by atoms with Gasteiger partial charge in [-0.3, -0.25) is 10.1 Å². The Morgan fingerprint density at radius 2 is 1.74 bits per heavy atom. The van der Waals surface area contributed by atoms with Crippen molar-refractivity contribution in [1.29, 1.82) is 0 Å². The van der Waals surface area contributed by atoms with Crippen LogP contribution in [0.25, 0.3) is 0 Å². The molecule has 23 heavy (non-hydrogen) atoms. The third kappa shape index (κ3) is 5.47. The van der Waals surface area contributed by atoms with Crippen molar-refractivity contribution in [3.63, 3.8) is 0 Å². The SMILES string of the molecule is Cc1ccc(C)c(NCC(=O)NC(=O)NCc2ccccc2)c1. The summed E-state index contributed by atoms with van der Waals surface area (Å²) in [5.74, 6) is -0.378. The van der Waals surface area contributed by atoms with Crippen LogP contribution in [-0.4, -0.2) is 18.5 Å². The van der Waals surface area contributed by atoms with Crippen molar-refractivity contribution >= 4 is 17.6 Å². The van der Waals surface area contributed by atoms with Crippen molar-refractivity contribution in [2.45, 2.75) is 20.4 Å². The fourth-order valence-electron chi connectivity index (χ4n) is 2.10. The van der Waals surface area contributed by atoms with Gasteiger partial charge in [-0.25, -0.2) is 4.79 Å². The van der Waals surface area contributed by atoms with E-state index in [1.165, 1.54) is 0 Å². The third-order valence-electron chi connectivity index (χ3n) is 3.38. The van der Waals surface area contributed by atoms with Crippen molar-refractivity contribution in [2.24, 2.45) is 0 Å². The zero-order valence-electron chi connectivity index (χ0n) is 13.3. The first kappa shape index (κ1) is 16.5. The molecule has 3 N–H and O–H groups in total. The molecule has 0 bridgehead atoms. The van der Waals surface area contributed by atoms with Crippen LogP contribution >= 0.6 is 0 Å². The first-order chi connectivity index (χ1) is 11.0. The fourth-order valence-corrected chi connectivity index (χ4v) is 2.10. The van der Waals surface area contributed by atoms with Crippen LogP contribution in [0, 0.1) is 13.8 Å². The van der Waals surface area contributed by atoms with E-state index in [1.807, 2.05) is 62.4 Å². The predicted molar refractivity (Wildman–Crippen MR) is 91.2 cm³/mol. The minimum atomic E-state index is -0.499. The Hall–Kier alpha value is -2.82. The number of rotatable bonds is 5. The summed E-state index contributed by atoms with van der Waals surface area (Å²) in [5.41, 5.74) is 4.03.